The van der Waals surface area contributed by atoms with E-state index in [0.717, 1.165) is 57.8 Å². The number of quaternary nitrogens is 1. The molecule has 0 rings (SSSR count). The van der Waals surface area contributed by atoms with Crippen molar-refractivity contribution in [3.8, 4) is 0 Å². The largest absolute Gasteiger partial charge is 0.756 e. The molecule has 0 saturated carbocycles. The minimum atomic E-state index is -4.61. The maximum atomic E-state index is 12.6. The van der Waals surface area contributed by atoms with Crippen LogP contribution in [0.5, 0.6) is 0 Å². The van der Waals surface area contributed by atoms with Crippen LogP contribution < -0.4 is 4.89 Å². The quantitative estimate of drug-likeness (QED) is 0.0215. The molecule has 0 aromatic rings. The van der Waals surface area contributed by atoms with Gasteiger partial charge in [-0.1, -0.05) is 128 Å². The molecule has 0 N–H and O–H groups in total. The Kier molecular flexibility index (Phi) is 30.5. The normalized spacial score (nSPS) is 14.0. The van der Waals surface area contributed by atoms with Crippen molar-refractivity contribution < 1.29 is 42.1 Å². The van der Waals surface area contributed by atoms with E-state index in [1.807, 2.05) is 21.1 Å². The van der Waals surface area contributed by atoms with Crippen LogP contribution in [-0.4, -0.2) is 70.0 Å². The lowest BCUT2D eigenvalue weighted by Crippen LogP contribution is -2.37. The Bertz CT molecular complexity index is 886. The average Bonchev–Trinajstić information content (AvgIpc) is 3.02. The van der Waals surface area contributed by atoms with Gasteiger partial charge in [0.1, 0.15) is 19.8 Å². The van der Waals surface area contributed by atoms with Crippen LogP contribution >= 0.6 is 7.82 Å². The van der Waals surface area contributed by atoms with Crippen LogP contribution in [0, 0.1) is 0 Å². The molecule has 0 bridgehead atoms. The van der Waals surface area contributed by atoms with Gasteiger partial charge in [0.05, 0.1) is 27.7 Å². The summed E-state index contributed by atoms with van der Waals surface area (Å²) in [6, 6.07) is 0. The van der Waals surface area contributed by atoms with Gasteiger partial charge in [0.25, 0.3) is 7.82 Å². The fourth-order valence-corrected chi connectivity index (χ4v) is 5.67. The number of nitrogens with zero attached hydrogens (tertiary/aromatic N) is 1. The zero-order chi connectivity index (χ0) is 35.8. The molecular weight excluding hydrogens is 629 g/mol. The van der Waals surface area contributed by atoms with Crippen molar-refractivity contribution in [2.45, 2.75) is 161 Å². The minimum Gasteiger partial charge on any atom is -0.756 e. The van der Waals surface area contributed by atoms with Crippen molar-refractivity contribution in [1.82, 2.24) is 0 Å². The van der Waals surface area contributed by atoms with E-state index in [9.17, 15) is 19.0 Å². The standard InChI is InChI=1S/C38H72NO8P/c1-6-8-10-12-14-16-17-18-19-20-21-23-25-27-29-31-38(41)47-36(35-46-48(42,43)45-33-32-39(3,4)5)34-44-37(40)30-28-26-24-22-15-13-11-9-7-2/h16-19,36H,6-15,20-35H2,1-5H3/b17-16+,19-18+/t36-/m1/s1. The number of hydrogen-bond donors (Lipinski definition) is 0. The topological polar surface area (TPSA) is 111 Å². The van der Waals surface area contributed by atoms with Crippen molar-refractivity contribution in [1.29, 1.82) is 0 Å². The second-order valence-electron chi connectivity index (χ2n) is 14.0. The number of ether oxygens (including phenoxy) is 2. The summed E-state index contributed by atoms with van der Waals surface area (Å²) in [6.45, 7) is 4.15. The molecule has 0 heterocycles. The minimum absolute atomic E-state index is 0.0328. The van der Waals surface area contributed by atoms with Crippen LogP contribution in [0.2, 0.25) is 0 Å². The smallest absolute Gasteiger partial charge is 0.306 e. The Balaban J connectivity index is 4.46. The predicted molar refractivity (Wildman–Crippen MR) is 194 cm³/mol. The number of hydrogen-bond acceptors (Lipinski definition) is 8. The first-order valence-corrected chi connectivity index (χ1v) is 20.5. The van der Waals surface area contributed by atoms with E-state index in [-0.39, 0.29) is 26.1 Å². The summed E-state index contributed by atoms with van der Waals surface area (Å²) < 4.78 is 33.7. The van der Waals surface area contributed by atoms with E-state index < -0.39 is 32.5 Å². The van der Waals surface area contributed by atoms with Crippen LogP contribution in [0.3, 0.4) is 0 Å². The zero-order valence-corrected chi connectivity index (χ0v) is 32.3. The molecule has 0 amide bonds. The lowest BCUT2D eigenvalue weighted by Gasteiger charge is -2.28. The zero-order valence-electron chi connectivity index (χ0n) is 31.4. The lowest BCUT2D eigenvalue weighted by atomic mass is 10.1. The molecule has 1 unspecified atom stereocenters. The summed E-state index contributed by atoms with van der Waals surface area (Å²) in [6.07, 6.45) is 30.6. The summed E-state index contributed by atoms with van der Waals surface area (Å²) in [4.78, 5) is 37.2. The van der Waals surface area contributed by atoms with E-state index in [0.29, 0.717) is 17.4 Å². The van der Waals surface area contributed by atoms with Crippen LogP contribution in [0.15, 0.2) is 24.3 Å². The highest BCUT2D eigenvalue weighted by molar-refractivity contribution is 7.45. The predicted octanol–water partition coefficient (Wildman–Crippen LogP) is 9.38. The van der Waals surface area contributed by atoms with Crippen molar-refractivity contribution in [2.24, 2.45) is 0 Å². The van der Waals surface area contributed by atoms with Gasteiger partial charge >= 0.3 is 11.9 Å². The third-order valence-electron chi connectivity index (χ3n) is 8.00. The molecule has 0 aliphatic heterocycles. The summed E-state index contributed by atoms with van der Waals surface area (Å²) >= 11 is 0. The van der Waals surface area contributed by atoms with Crippen molar-refractivity contribution in [3.05, 3.63) is 24.3 Å². The molecule has 0 spiro atoms. The van der Waals surface area contributed by atoms with Crippen molar-refractivity contribution in [2.75, 3.05) is 47.5 Å². The number of carbonyl (C=O) groups is 2. The highest BCUT2D eigenvalue weighted by atomic mass is 31.2. The molecule has 10 heteroatoms. The average molecular weight is 702 g/mol. The molecule has 9 nitrogen and oxygen atoms in total. The highest BCUT2D eigenvalue weighted by Crippen LogP contribution is 2.38. The van der Waals surface area contributed by atoms with Gasteiger partial charge in [-0.2, -0.15) is 0 Å². The summed E-state index contributed by atoms with van der Waals surface area (Å²) in [7, 11) is 1.15. The van der Waals surface area contributed by atoms with Gasteiger partial charge < -0.3 is 27.9 Å². The first-order chi connectivity index (χ1) is 23.0. The molecule has 0 saturated heterocycles. The second kappa shape index (κ2) is 31.5. The van der Waals surface area contributed by atoms with E-state index in [1.54, 1.807) is 0 Å². The first-order valence-electron chi connectivity index (χ1n) is 19.1. The Labute approximate surface area is 294 Å². The van der Waals surface area contributed by atoms with Crippen LogP contribution in [0.4, 0.5) is 0 Å². The van der Waals surface area contributed by atoms with Gasteiger partial charge in [0.2, 0.25) is 0 Å². The number of rotatable bonds is 34. The molecule has 282 valence electrons. The molecule has 0 fully saturated rings. The highest BCUT2D eigenvalue weighted by Gasteiger charge is 2.21. The molecule has 0 radical (unpaired) electrons. The second-order valence-corrected chi connectivity index (χ2v) is 15.4. The molecule has 0 aromatic heterocycles. The number of allylic oxidation sites excluding steroid dienone is 4. The molecule has 0 aliphatic rings. The fourth-order valence-electron chi connectivity index (χ4n) is 4.94. The van der Waals surface area contributed by atoms with Crippen LogP contribution in [-0.2, 0) is 32.7 Å². The SMILES string of the molecule is CCCCCC/C=C/C=C/CCCCCCCC(=O)O[C@H](COC(=O)CCCCCCCCCCC)COP(=O)([O-])OCC[N+](C)(C)C. The number of unbranched alkanes of at least 4 members (excludes halogenated alkanes) is 17. The van der Waals surface area contributed by atoms with Gasteiger partial charge in [0.15, 0.2) is 6.10 Å². The van der Waals surface area contributed by atoms with Crippen molar-refractivity contribution in [3.63, 3.8) is 0 Å². The Morgan fingerprint density at radius 1 is 0.646 bits per heavy atom. The number of esters is 2. The van der Waals surface area contributed by atoms with E-state index in [2.05, 4.69) is 38.2 Å². The fraction of sp³-hybridized carbons (Fsp3) is 0.842. The van der Waals surface area contributed by atoms with E-state index >= 15 is 0 Å². The first kappa shape index (κ1) is 46.5. The third-order valence-corrected chi connectivity index (χ3v) is 8.97. The molecule has 2 atom stereocenters. The maximum Gasteiger partial charge on any atom is 0.306 e. The molecule has 48 heavy (non-hydrogen) atoms. The van der Waals surface area contributed by atoms with Gasteiger partial charge in [-0.25, -0.2) is 0 Å². The molecule has 0 aliphatic carbocycles. The van der Waals surface area contributed by atoms with Crippen molar-refractivity contribution >= 4 is 19.8 Å². The lowest BCUT2D eigenvalue weighted by molar-refractivity contribution is -0.870. The Morgan fingerprint density at radius 3 is 1.62 bits per heavy atom. The number of phosphoric ester groups is 1. The summed E-state index contributed by atoms with van der Waals surface area (Å²) in [5.41, 5.74) is 0. The monoisotopic (exact) mass is 701 g/mol. The molecule has 0 aromatic carbocycles. The Morgan fingerprint density at radius 2 is 1.10 bits per heavy atom. The van der Waals surface area contributed by atoms with Gasteiger partial charge in [0, 0.05) is 12.8 Å². The van der Waals surface area contributed by atoms with Crippen LogP contribution in [0.1, 0.15) is 155 Å². The number of phosphoric acid groups is 1. The molecular formula is C38H72NO8P. The van der Waals surface area contributed by atoms with Gasteiger partial charge in [-0.3, -0.25) is 14.2 Å². The number of likely N-dealkylation sites (N-methyl/N-ethyl adjacent to an activating group) is 1. The Hall–Kier alpha value is -1.51. The van der Waals surface area contributed by atoms with E-state index in [4.69, 9.17) is 18.5 Å². The van der Waals surface area contributed by atoms with Gasteiger partial charge in [-0.05, 0) is 38.5 Å². The summed E-state index contributed by atoms with van der Waals surface area (Å²) in [5.74, 6) is -0.855. The van der Waals surface area contributed by atoms with E-state index in [1.165, 1.54) is 64.2 Å². The number of carbonyl (C=O) groups excluding carboxylic acids is 2. The maximum absolute atomic E-state index is 12.6. The van der Waals surface area contributed by atoms with Crippen LogP contribution in [0.25, 0.3) is 0 Å². The third kappa shape index (κ3) is 34.4. The summed E-state index contributed by atoms with van der Waals surface area (Å²) in [5, 5.41) is 0. The van der Waals surface area contributed by atoms with Gasteiger partial charge in [-0.15, -0.1) is 0 Å².